The molecule has 1 N–H and O–H groups in total. The van der Waals surface area contributed by atoms with Crippen LogP contribution in [0.2, 0.25) is 0 Å². The second kappa shape index (κ2) is 8.57. The molecule has 3 heterocycles. The Hall–Kier alpha value is -3.88. The number of anilines is 1. The first-order valence-electron chi connectivity index (χ1n) is 10.7. The van der Waals surface area contributed by atoms with Crippen molar-refractivity contribution in [1.82, 2.24) is 14.9 Å². The zero-order valence-electron chi connectivity index (χ0n) is 18.0. The molecule has 0 spiro atoms. The summed E-state index contributed by atoms with van der Waals surface area (Å²) in [5, 5.41) is 2.92. The van der Waals surface area contributed by atoms with Gasteiger partial charge in [0.1, 0.15) is 30.9 Å². The van der Waals surface area contributed by atoms with Crippen LogP contribution in [0.4, 0.5) is 10.1 Å². The number of carbonyl (C=O) groups is 2. The number of hydrogen-bond acceptors (Lipinski definition) is 5. The van der Waals surface area contributed by atoms with Crippen molar-refractivity contribution in [2.24, 2.45) is 13.0 Å². The van der Waals surface area contributed by atoms with Crippen LogP contribution >= 0.6 is 0 Å². The van der Waals surface area contributed by atoms with Crippen LogP contribution in [0, 0.1) is 11.7 Å². The molecule has 2 aliphatic rings. The molecule has 170 valence electrons. The van der Waals surface area contributed by atoms with Crippen LogP contribution in [-0.4, -0.2) is 41.1 Å². The molecule has 2 aliphatic heterocycles. The van der Waals surface area contributed by atoms with Gasteiger partial charge in [0.25, 0.3) is 0 Å². The summed E-state index contributed by atoms with van der Waals surface area (Å²) in [5.74, 6) is 0.196. The summed E-state index contributed by atoms with van der Waals surface area (Å²) in [6, 6.07) is 10.8. The molecule has 1 aromatic heterocycles. The largest absolute Gasteiger partial charge is 0.486 e. The van der Waals surface area contributed by atoms with E-state index in [-0.39, 0.29) is 24.8 Å². The molecule has 0 bridgehead atoms. The minimum absolute atomic E-state index is 0.0603. The van der Waals surface area contributed by atoms with Crippen molar-refractivity contribution in [3.05, 3.63) is 72.1 Å². The van der Waals surface area contributed by atoms with Gasteiger partial charge in [0, 0.05) is 49.7 Å². The van der Waals surface area contributed by atoms with Crippen LogP contribution in [-0.2, 0) is 16.6 Å². The highest BCUT2D eigenvalue weighted by Crippen LogP contribution is 2.36. The maximum atomic E-state index is 14.6. The maximum absolute atomic E-state index is 14.6. The maximum Gasteiger partial charge on any atom is 0.227 e. The van der Waals surface area contributed by atoms with Crippen molar-refractivity contribution < 1.29 is 23.5 Å². The van der Waals surface area contributed by atoms with Gasteiger partial charge in [-0.25, -0.2) is 9.37 Å². The van der Waals surface area contributed by atoms with E-state index in [0.717, 1.165) is 0 Å². The topological polar surface area (TPSA) is 85.7 Å². The van der Waals surface area contributed by atoms with Crippen molar-refractivity contribution in [2.45, 2.75) is 12.5 Å². The van der Waals surface area contributed by atoms with Gasteiger partial charge < -0.3 is 24.3 Å². The van der Waals surface area contributed by atoms with Gasteiger partial charge in [-0.1, -0.05) is 18.2 Å². The van der Waals surface area contributed by atoms with E-state index in [2.05, 4.69) is 10.3 Å². The van der Waals surface area contributed by atoms with Gasteiger partial charge in [-0.15, -0.1) is 0 Å². The Labute approximate surface area is 189 Å². The lowest BCUT2D eigenvalue weighted by molar-refractivity contribution is -0.126. The average molecular weight is 450 g/mol. The predicted molar refractivity (Wildman–Crippen MR) is 117 cm³/mol. The molecular weight excluding hydrogens is 427 g/mol. The van der Waals surface area contributed by atoms with E-state index in [9.17, 15) is 14.0 Å². The van der Waals surface area contributed by atoms with E-state index in [0.29, 0.717) is 41.8 Å². The average Bonchev–Trinajstić information content (AvgIpc) is 3.43. The normalized spacial score (nSPS) is 18.3. The molecule has 1 fully saturated rings. The predicted octanol–water partition coefficient (Wildman–Crippen LogP) is 2.59. The molecule has 2 aromatic carbocycles. The number of fused-ring (bicyclic) bond motifs is 1. The number of aromatic nitrogens is 2. The van der Waals surface area contributed by atoms with E-state index in [1.165, 1.54) is 6.07 Å². The van der Waals surface area contributed by atoms with E-state index in [1.807, 2.05) is 0 Å². The van der Waals surface area contributed by atoms with E-state index >= 15 is 0 Å². The van der Waals surface area contributed by atoms with Crippen LogP contribution in [0.5, 0.6) is 11.5 Å². The number of ether oxygens (including phenoxy) is 2. The van der Waals surface area contributed by atoms with Crippen LogP contribution in [0.3, 0.4) is 0 Å². The third-order valence-corrected chi connectivity index (χ3v) is 5.95. The second-order valence-electron chi connectivity index (χ2n) is 8.09. The number of rotatable bonds is 5. The summed E-state index contributed by atoms with van der Waals surface area (Å²) in [6.07, 6.45) is 3.39. The van der Waals surface area contributed by atoms with Gasteiger partial charge in [-0.2, -0.15) is 0 Å². The van der Waals surface area contributed by atoms with Crippen LogP contribution in [0.1, 0.15) is 23.9 Å². The molecule has 3 aromatic rings. The third kappa shape index (κ3) is 4.02. The molecule has 0 radical (unpaired) electrons. The van der Waals surface area contributed by atoms with Gasteiger partial charge in [0.05, 0.1) is 5.92 Å². The number of carbonyl (C=O) groups excluding carboxylic acids is 2. The lowest BCUT2D eigenvalue weighted by Gasteiger charge is -2.23. The van der Waals surface area contributed by atoms with Crippen molar-refractivity contribution in [1.29, 1.82) is 0 Å². The molecule has 8 nitrogen and oxygen atoms in total. The summed E-state index contributed by atoms with van der Waals surface area (Å²) in [6.45, 7) is 1.14. The van der Waals surface area contributed by atoms with Gasteiger partial charge in [0.15, 0.2) is 11.5 Å². The molecule has 0 aliphatic carbocycles. The number of imidazole rings is 1. The molecular formula is C24H23FN4O4. The monoisotopic (exact) mass is 450 g/mol. The highest BCUT2D eigenvalue weighted by molar-refractivity contribution is 6.00. The Kier molecular flexibility index (Phi) is 5.45. The quantitative estimate of drug-likeness (QED) is 0.646. The van der Waals surface area contributed by atoms with Gasteiger partial charge in [-0.3, -0.25) is 9.59 Å². The minimum Gasteiger partial charge on any atom is -0.486 e. The SMILES string of the molecule is Cn1ccnc1[C@@H](NC(=O)[C@H]1CC(=O)N(c2ccc3c(c2)OCCO3)C1)c1ccccc1F. The Morgan fingerprint density at radius 1 is 1.18 bits per heavy atom. The molecule has 0 unspecified atom stereocenters. The van der Waals surface area contributed by atoms with E-state index < -0.39 is 17.8 Å². The first-order valence-corrected chi connectivity index (χ1v) is 10.7. The molecule has 2 amide bonds. The first kappa shape index (κ1) is 21.0. The fourth-order valence-corrected chi connectivity index (χ4v) is 4.24. The molecule has 2 atom stereocenters. The number of amides is 2. The summed E-state index contributed by atoms with van der Waals surface area (Å²) >= 11 is 0. The summed E-state index contributed by atoms with van der Waals surface area (Å²) in [4.78, 5) is 31.8. The number of nitrogens with zero attached hydrogens (tertiary/aromatic N) is 3. The number of benzene rings is 2. The number of nitrogens with one attached hydrogen (secondary N) is 1. The lowest BCUT2D eigenvalue weighted by Crippen LogP contribution is -2.37. The number of aryl methyl sites for hydroxylation is 1. The van der Waals surface area contributed by atoms with Gasteiger partial charge in [0.2, 0.25) is 11.8 Å². The van der Waals surface area contributed by atoms with Gasteiger partial charge in [-0.05, 0) is 18.2 Å². The highest BCUT2D eigenvalue weighted by atomic mass is 19.1. The van der Waals surface area contributed by atoms with Crippen LogP contribution in [0.15, 0.2) is 54.9 Å². The molecule has 1 saturated heterocycles. The summed E-state index contributed by atoms with van der Waals surface area (Å²) in [7, 11) is 1.78. The smallest absolute Gasteiger partial charge is 0.227 e. The standard InChI is InChI=1S/C24H23FN4O4/c1-28-9-8-26-23(28)22(17-4-2-3-5-18(17)25)27-24(31)15-12-21(30)29(14-15)16-6-7-19-20(13-16)33-11-10-32-19/h2-9,13,15,22H,10-12,14H2,1H3,(H,27,31)/t15-,22-/m0/s1. The van der Waals surface area contributed by atoms with Crippen molar-refractivity contribution in [3.8, 4) is 11.5 Å². The number of hydrogen-bond donors (Lipinski definition) is 1. The van der Waals surface area contributed by atoms with Gasteiger partial charge >= 0.3 is 0 Å². The summed E-state index contributed by atoms with van der Waals surface area (Å²) < 4.78 is 27.5. The second-order valence-corrected chi connectivity index (χ2v) is 8.09. The van der Waals surface area contributed by atoms with Crippen molar-refractivity contribution >= 4 is 17.5 Å². The first-order chi connectivity index (χ1) is 16.0. The van der Waals surface area contributed by atoms with Crippen LogP contribution < -0.4 is 19.7 Å². The highest BCUT2D eigenvalue weighted by Gasteiger charge is 2.37. The number of halogens is 1. The van der Waals surface area contributed by atoms with Crippen molar-refractivity contribution in [2.75, 3.05) is 24.7 Å². The zero-order chi connectivity index (χ0) is 22.9. The Balaban J connectivity index is 1.36. The molecule has 5 rings (SSSR count). The lowest BCUT2D eigenvalue weighted by atomic mass is 10.0. The Morgan fingerprint density at radius 2 is 1.97 bits per heavy atom. The fraction of sp³-hybridized carbons (Fsp3) is 0.292. The van der Waals surface area contributed by atoms with Crippen LogP contribution in [0.25, 0.3) is 0 Å². The third-order valence-electron chi connectivity index (χ3n) is 5.95. The fourth-order valence-electron chi connectivity index (χ4n) is 4.24. The van der Waals surface area contributed by atoms with E-state index in [1.54, 1.807) is 65.3 Å². The molecule has 33 heavy (non-hydrogen) atoms. The summed E-state index contributed by atoms with van der Waals surface area (Å²) in [5.41, 5.74) is 0.961. The van der Waals surface area contributed by atoms with E-state index in [4.69, 9.17) is 9.47 Å². The Morgan fingerprint density at radius 3 is 2.73 bits per heavy atom. The molecule has 9 heteroatoms. The zero-order valence-corrected chi connectivity index (χ0v) is 18.0. The Bertz CT molecular complexity index is 1210. The molecule has 0 saturated carbocycles. The minimum atomic E-state index is -0.780. The van der Waals surface area contributed by atoms with Crippen molar-refractivity contribution in [3.63, 3.8) is 0 Å².